The molecule has 158 valence electrons. The molecule has 4 heterocycles. The molecule has 5 rings (SSSR count). The van der Waals surface area contributed by atoms with Crippen molar-refractivity contribution >= 4 is 39.7 Å². The SMILES string of the molecule is Cc1noc2nc(C(C)C)cc(C(=O)Nc3nc4ccccc4nc3N3CCCC3)c12. The van der Waals surface area contributed by atoms with Gasteiger partial charge in [-0.05, 0) is 43.9 Å². The van der Waals surface area contributed by atoms with Crippen LogP contribution in [-0.4, -0.2) is 39.1 Å². The molecule has 8 nitrogen and oxygen atoms in total. The molecule has 0 radical (unpaired) electrons. The molecule has 1 amide bonds. The van der Waals surface area contributed by atoms with Gasteiger partial charge in [0.15, 0.2) is 11.6 Å². The number of aryl methyl sites for hydroxylation is 1. The van der Waals surface area contributed by atoms with E-state index >= 15 is 0 Å². The predicted molar refractivity (Wildman–Crippen MR) is 120 cm³/mol. The highest BCUT2D eigenvalue weighted by Gasteiger charge is 2.24. The van der Waals surface area contributed by atoms with Gasteiger partial charge in [0.05, 0.1) is 27.7 Å². The van der Waals surface area contributed by atoms with Crippen LogP contribution in [0.4, 0.5) is 11.6 Å². The molecule has 0 saturated carbocycles. The van der Waals surface area contributed by atoms with Crippen LogP contribution in [0.3, 0.4) is 0 Å². The van der Waals surface area contributed by atoms with Crippen LogP contribution >= 0.6 is 0 Å². The molecule has 1 saturated heterocycles. The van der Waals surface area contributed by atoms with Crippen LogP contribution in [0.25, 0.3) is 22.1 Å². The summed E-state index contributed by atoms with van der Waals surface area (Å²) in [5.41, 5.74) is 3.81. The zero-order valence-corrected chi connectivity index (χ0v) is 17.8. The van der Waals surface area contributed by atoms with Crippen LogP contribution in [0.2, 0.25) is 0 Å². The summed E-state index contributed by atoms with van der Waals surface area (Å²) in [6, 6.07) is 9.52. The number of fused-ring (bicyclic) bond motifs is 2. The number of anilines is 2. The summed E-state index contributed by atoms with van der Waals surface area (Å²) in [6.07, 6.45) is 2.20. The first-order valence-electron chi connectivity index (χ1n) is 10.6. The normalized spacial score (nSPS) is 14.1. The third kappa shape index (κ3) is 3.48. The van der Waals surface area contributed by atoms with E-state index in [0.717, 1.165) is 42.7 Å². The maximum atomic E-state index is 13.5. The molecule has 0 bridgehead atoms. The molecule has 0 atom stereocenters. The predicted octanol–water partition coefficient (Wildman–Crippen LogP) is 4.45. The summed E-state index contributed by atoms with van der Waals surface area (Å²) in [5.74, 6) is 1.05. The zero-order valence-electron chi connectivity index (χ0n) is 17.8. The molecule has 31 heavy (non-hydrogen) atoms. The lowest BCUT2D eigenvalue weighted by Gasteiger charge is -2.20. The Morgan fingerprint density at radius 3 is 2.52 bits per heavy atom. The van der Waals surface area contributed by atoms with E-state index in [4.69, 9.17) is 14.5 Å². The molecular weight excluding hydrogens is 392 g/mol. The van der Waals surface area contributed by atoms with Crippen molar-refractivity contribution in [2.45, 2.75) is 39.5 Å². The van der Waals surface area contributed by atoms with E-state index in [1.807, 2.05) is 51.1 Å². The molecule has 0 aliphatic carbocycles. The molecule has 4 aromatic rings. The maximum absolute atomic E-state index is 13.5. The molecule has 1 aliphatic heterocycles. The van der Waals surface area contributed by atoms with Crippen molar-refractivity contribution < 1.29 is 9.32 Å². The minimum atomic E-state index is -0.273. The van der Waals surface area contributed by atoms with Gasteiger partial charge in [-0.2, -0.15) is 0 Å². The lowest BCUT2D eigenvalue weighted by atomic mass is 10.0. The van der Waals surface area contributed by atoms with Gasteiger partial charge in [-0.3, -0.25) is 4.79 Å². The smallest absolute Gasteiger partial charge is 0.259 e. The second kappa shape index (κ2) is 7.61. The van der Waals surface area contributed by atoms with Crippen LogP contribution in [0.1, 0.15) is 54.4 Å². The largest absolute Gasteiger partial charge is 0.354 e. The van der Waals surface area contributed by atoms with E-state index in [2.05, 4.69) is 20.4 Å². The Kier molecular flexibility index (Phi) is 4.77. The van der Waals surface area contributed by atoms with Crippen LogP contribution in [0, 0.1) is 6.92 Å². The highest BCUT2D eigenvalue weighted by atomic mass is 16.5. The number of pyridine rings is 1. The monoisotopic (exact) mass is 416 g/mol. The second-order valence-electron chi connectivity index (χ2n) is 8.23. The van der Waals surface area contributed by atoms with Gasteiger partial charge in [-0.15, -0.1) is 0 Å². The van der Waals surface area contributed by atoms with Gasteiger partial charge < -0.3 is 14.7 Å². The molecule has 1 N–H and O–H groups in total. The molecule has 1 aromatic carbocycles. The average Bonchev–Trinajstić information content (AvgIpc) is 3.43. The van der Waals surface area contributed by atoms with Crippen LogP contribution in [0.15, 0.2) is 34.9 Å². The lowest BCUT2D eigenvalue weighted by molar-refractivity contribution is 0.102. The Bertz CT molecular complexity index is 1290. The fourth-order valence-electron chi connectivity index (χ4n) is 3.99. The van der Waals surface area contributed by atoms with Gasteiger partial charge in [0.25, 0.3) is 11.6 Å². The van der Waals surface area contributed by atoms with Gasteiger partial charge in [0.1, 0.15) is 0 Å². The van der Waals surface area contributed by atoms with Gasteiger partial charge in [0.2, 0.25) is 0 Å². The number of para-hydroxylation sites is 2. The van der Waals surface area contributed by atoms with Crippen LogP contribution < -0.4 is 10.2 Å². The van der Waals surface area contributed by atoms with E-state index < -0.39 is 0 Å². The Hall–Kier alpha value is -3.55. The highest BCUT2D eigenvalue weighted by molar-refractivity contribution is 6.13. The first-order valence-corrected chi connectivity index (χ1v) is 10.6. The quantitative estimate of drug-likeness (QED) is 0.525. The zero-order chi connectivity index (χ0) is 21.5. The van der Waals surface area contributed by atoms with E-state index in [9.17, 15) is 4.79 Å². The fraction of sp³-hybridized carbons (Fsp3) is 0.348. The van der Waals surface area contributed by atoms with Crippen molar-refractivity contribution in [3.05, 3.63) is 47.3 Å². The van der Waals surface area contributed by atoms with E-state index in [0.29, 0.717) is 34.0 Å². The van der Waals surface area contributed by atoms with Crippen molar-refractivity contribution in [1.82, 2.24) is 20.1 Å². The first-order chi connectivity index (χ1) is 15.0. The maximum Gasteiger partial charge on any atom is 0.259 e. The number of hydrogen-bond donors (Lipinski definition) is 1. The van der Waals surface area contributed by atoms with Crippen molar-refractivity contribution in [1.29, 1.82) is 0 Å². The Morgan fingerprint density at radius 2 is 1.81 bits per heavy atom. The minimum absolute atomic E-state index is 0.141. The van der Waals surface area contributed by atoms with Gasteiger partial charge in [-0.25, -0.2) is 15.0 Å². The van der Waals surface area contributed by atoms with Crippen molar-refractivity contribution in [3.63, 3.8) is 0 Å². The number of nitrogens with one attached hydrogen (secondary N) is 1. The lowest BCUT2D eigenvalue weighted by Crippen LogP contribution is -2.23. The molecule has 1 aliphatic rings. The second-order valence-corrected chi connectivity index (χ2v) is 8.23. The van der Waals surface area contributed by atoms with Gasteiger partial charge >= 0.3 is 0 Å². The van der Waals surface area contributed by atoms with Gasteiger partial charge in [0, 0.05) is 18.8 Å². The number of aromatic nitrogens is 4. The number of nitrogens with zero attached hydrogens (tertiary/aromatic N) is 5. The molecule has 1 fully saturated rings. The number of rotatable bonds is 4. The topological polar surface area (TPSA) is 97.0 Å². The molecular formula is C23H24N6O2. The number of hydrogen-bond acceptors (Lipinski definition) is 7. The average molecular weight is 416 g/mol. The third-order valence-electron chi connectivity index (χ3n) is 5.66. The summed E-state index contributed by atoms with van der Waals surface area (Å²) in [5, 5.41) is 7.66. The van der Waals surface area contributed by atoms with E-state index in [1.54, 1.807) is 0 Å². The van der Waals surface area contributed by atoms with Crippen molar-refractivity contribution in [2.75, 3.05) is 23.3 Å². The molecule has 3 aromatic heterocycles. The molecule has 0 spiro atoms. The summed E-state index contributed by atoms with van der Waals surface area (Å²) < 4.78 is 5.37. The third-order valence-corrected chi connectivity index (χ3v) is 5.66. The minimum Gasteiger partial charge on any atom is -0.354 e. The summed E-state index contributed by atoms with van der Waals surface area (Å²) in [7, 11) is 0. The highest BCUT2D eigenvalue weighted by Crippen LogP contribution is 2.30. The van der Waals surface area contributed by atoms with E-state index in [-0.39, 0.29) is 11.8 Å². The van der Waals surface area contributed by atoms with Gasteiger partial charge in [-0.1, -0.05) is 31.1 Å². The summed E-state index contributed by atoms with van der Waals surface area (Å²) >= 11 is 0. The summed E-state index contributed by atoms with van der Waals surface area (Å²) in [6.45, 7) is 7.67. The Balaban J connectivity index is 1.61. The number of carbonyl (C=O) groups is 1. The Labute approximate surface area is 179 Å². The fourth-order valence-corrected chi connectivity index (χ4v) is 3.99. The van der Waals surface area contributed by atoms with Crippen molar-refractivity contribution in [3.8, 4) is 0 Å². The van der Waals surface area contributed by atoms with Crippen LogP contribution in [-0.2, 0) is 0 Å². The molecule has 0 unspecified atom stereocenters. The summed E-state index contributed by atoms with van der Waals surface area (Å²) in [4.78, 5) is 29.7. The number of amides is 1. The number of carbonyl (C=O) groups excluding carboxylic acids is 1. The molecule has 8 heteroatoms. The van der Waals surface area contributed by atoms with Crippen molar-refractivity contribution in [2.24, 2.45) is 0 Å². The number of benzene rings is 1. The van der Waals surface area contributed by atoms with E-state index in [1.165, 1.54) is 0 Å². The Morgan fingerprint density at radius 1 is 1.10 bits per heavy atom. The van der Waals surface area contributed by atoms with Crippen LogP contribution in [0.5, 0.6) is 0 Å². The standard InChI is InChI=1S/C23H24N6O2/c1-13(2)18-12-15(19-14(3)28-31-23(19)26-18)22(30)27-20-21(29-10-6-7-11-29)25-17-9-5-4-8-16(17)24-20/h4-5,8-9,12-13H,6-7,10-11H2,1-3H3,(H,24,27,30). The first kappa shape index (κ1) is 19.4.